The van der Waals surface area contributed by atoms with E-state index in [2.05, 4.69) is 10.2 Å². The van der Waals surface area contributed by atoms with E-state index in [1.807, 2.05) is 36.5 Å². The number of thioether (sulfide) groups is 1. The molecule has 0 aliphatic rings. The summed E-state index contributed by atoms with van der Waals surface area (Å²) >= 11 is 1.03. The second-order valence-electron chi connectivity index (χ2n) is 3.94. The Morgan fingerprint density at radius 3 is 2.90 bits per heavy atom. The van der Waals surface area contributed by atoms with Crippen molar-refractivity contribution >= 4 is 23.7 Å². The van der Waals surface area contributed by atoms with Crippen molar-refractivity contribution in [2.24, 2.45) is 5.73 Å². The van der Waals surface area contributed by atoms with Crippen LogP contribution in [0.5, 0.6) is 0 Å². The molecule has 0 bridgehead atoms. The van der Waals surface area contributed by atoms with Gasteiger partial charge in [-0.25, -0.2) is 4.79 Å². The lowest BCUT2D eigenvalue weighted by Crippen LogP contribution is -2.36. The Morgan fingerprint density at radius 2 is 2.20 bits per heavy atom. The van der Waals surface area contributed by atoms with Gasteiger partial charge in [0, 0.05) is 5.56 Å². The van der Waals surface area contributed by atoms with E-state index in [4.69, 9.17) is 10.2 Å². The van der Waals surface area contributed by atoms with Crippen molar-refractivity contribution in [3.8, 4) is 11.5 Å². The number of hydrogen-bond donors (Lipinski definition) is 2. The molecule has 0 radical (unpaired) electrons. The standard InChI is InChI=1S/C12H12N4O3S/c1-7-3-2-4-8(5-7)10-15-16-12(19-10)20-6-9(17)14-11(13)18/h2-5H,6H2,1H3,(H3,13,14,17,18). The Morgan fingerprint density at radius 1 is 1.40 bits per heavy atom. The zero-order valence-corrected chi connectivity index (χ0v) is 11.4. The molecule has 7 nitrogen and oxygen atoms in total. The number of imide groups is 1. The molecule has 20 heavy (non-hydrogen) atoms. The second kappa shape index (κ2) is 6.20. The number of aryl methyl sites for hydroxylation is 1. The number of nitrogens with zero attached hydrogens (tertiary/aromatic N) is 2. The van der Waals surface area contributed by atoms with Crippen LogP contribution in [0.4, 0.5) is 4.79 Å². The van der Waals surface area contributed by atoms with Crippen LogP contribution in [0, 0.1) is 6.92 Å². The SMILES string of the molecule is Cc1cccc(-c2nnc(SCC(=O)NC(N)=O)o2)c1. The molecule has 0 unspecified atom stereocenters. The minimum atomic E-state index is -0.887. The number of primary amides is 1. The quantitative estimate of drug-likeness (QED) is 0.822. The lowest BCUT2D eigenvalue weighted by molar-refractivity contribution is -0.117. The average Bonchev–Trinajstić information content (AvgIpc) is 2.84. The molecule has 0 saturated carbocycles. The van der Waals surface area contributed by atoms with Crippen molar-refractivity contribution in [3.05, 3.63) is 29.8 Å². The minimum absolute atomic E-state index is 0.0294. The Labute approximate surface area is 118 Å². The van der Waals surface area contributed by atoms with Gasteiger partial charge in [-0.05, 0) is 19.1 Å². The highest BCUT2D eigenvalue weighted by Crippen LogP contribution is 2.23. The number of urea groups is 1. The highest BCUT2D eigenvalue weighted by atomic mass is 32.2. The van der Waals surface area contributed by atoms with Crippen molar-refractivity contribution in [2.45, 2.75) is 12.1 Å². The summed E-state index contributed by atoms with van der Waals surface area (Å²) in [5.41, 5.74) is 6.72. The molecule has 0 atom stereocenters. The molecular formula is C12H12N4O3S. The molecule has 1 aromatic heterocycles. The number of carbonyl (C=O) groups is 2. The van der Waals surface area contributed by atoms with Gasteiger partial charge in [-0.1, -0.05) is 29.5 Å². The van der Waals surface area contributed by atoms with Gasteiger partial charge in [0.05, 0.1) is 5.75 Å². The van der Waals surface area contributed by atoms with Gasteiger partial charge in [0.15, 0.2) is 0 Å². The number of amides is 3. The number of nitrogens with one attached hydrogen (secondary N) is 1. The summed E-state index contributed by atoms with van der Waals surface area (Å²) in [7, 11) is 0. The summed E-state index contributed by atoms with van der Waals surface area (Å²) in [6.45, 7) is 1.96. The average molecular weight is 292 g/mol. The van der Waals surface area contributed by atoms with E-state index in [-0.39, 0.29) is 11.0 Å². The molecule has 2 rings (SSSR count). The fraction of sp³-hybridized carbons (Fsp3) is 0.167. The maximum atomic E-state index is 11.2. The summed E-state index contributed by atoms with van der Waals surface area (Å²) in [6, 6.07) is 6.74. The molecule has 0 fully saturated rings. The Balaban J connectivity index is 1.99. The minimum Gasteiger partial charge on any atom is -0.411 e. The Kier molecular flexibility index (Phi) is 4.36. The van der Waals surface area contributed by atoms with Crippen molar-refractivity contribution in [3.63, 3.8) is 0 Å². The highest BCUT2D eigenvalue weighted by molar-refractivity contribution is 7.99. The van der Waals surface area contributed by atoms with Crippen molar-refractivity contribution in [2.75, 3.05) is 5.75 Å². The van der Waals surface area contributed by atoms with Gasteiger partial charge in [0.1, 0.15) is 0 Å². The van der Waals surface area contributed by atoms with Crippen LogP contribution in [0.2, 0.25) is 0 Å². The number of rotatable bonds is 4. The first-order valence-electron chi connectivity index (χ1n) is 5.67. The van der Waals surface area contributed by atoms with Crippen molar-refractivity contribution in [1.82, 2.24) is 15.5 Å². The third kappa shape index (κ3) is 3.82. The van der Waals surface area contributed by atoms with Crippen LogP contribution in [0.1, 0.15) is 5.56 Å². The third-order valence-electron chi connectivity index (χ3n) is 2.26. The Hall–Kier alpha value is -2.35. The first kappa shape index (κ1) is 14.1. The molecule has 8 heteroatoms. The molecule has 0 aliphatic carbocycles. The summed E-state index contributed by atoms with van der Waals surface area (Å²) in [6.07, 6.45) is 0. The van der Waals surface area contributed by atoms with Crippen LogP contribution >= 0.6 is 11.8 Å². The van der Waals surface area contributed by atoms with Crippen LogP contribution in [0.25, 0.3) is 11.5 Å². The molecule has 0 aliphatic heterocycles. The molecule has 3 N–H and O–H groups in total. The van der Waals surface area contributed by atoms with E-state index in [0.29, 0.717) is 5.89 Å². The lowest BCUT2D eigenvalue weighted by atomic mass is 10.1. The van der Waals surface area contributed by atoms with E-state index in [1.165, 1.54) is 0 Å². The molecule has 0 saturated heterocycles. The van der Waals surface area contributed by atoms with Gasteiger partial charge in [-0.3, -0.25) is 10.1 Å². The van der Waals surface area contributed by atoms with Crippen LogP contribution in [0.3, 0.4) is 0 Å². The van der Waals surface area contributed by atoms with Gasteiger partial charge in [0.25, 0.3) is 5.22 Å². The van der Waals surface area contributed by atoms with Crippen LogP contribution in [-0.4, -0.2) is 27.9 Å². The van der Waals surface area contributed by atoms with Gasteiger partial charge in [-0.15, -0.1) is 10.2 Å². The molecule has 1 heterocycles. The van der Waals surface area contributed by atoms with E-state index in [0.717, 1.165) is 22.9 Å². The molecular weight excluding hydrogens is 280 g/mol. The van der Waals surface area contributed by atoms with Crippen LogP contribution in [-0.2, 0) is 4.79 Å². The molecule has 0 spiro atoms. The molecule has 104 valence electrons. The predicted molar refractivity (Wildman–Crippen MR) is 72.9 cm³/mol. The number of hydrogen-bond acceptors (Lipinski definition) is 6. The first-order chi connectivity index (χ1) is 9.54. The van der Waals surface area contributed by atoms with E-state index < -0.39 is 11.9 Å². The Bertz CT molecular complexity index is 641. The summed E-state index contributed by atoms with van der Waals surface area (Å²) in [5, 5.41) is 9.93. The van der Waals surface area contributed by atoms with E-state index in [1.54, 1.807) is 0 Å². The third-order valence-corrected chi connectivity index (χ3v) is 3.08. The topological polar surface area (TPSA) is 111 Å². The smallest absolute Gasteiger partial charge is 0.318 e. The van der Waals surface area contributed by atoms with Gasteiger partial charge in [0.2, 0.25) is 11.8 Å². The van der Waals surface area contributed by atoms with Gasteiger partial charge < -0.3 is 10.2 Å². The second-order valence-corrected chi connectivity index (χ2v) is 4.87. The number of carbonyl (C=O) groups excluding carboxylic acids is 2. The number of benzene rings is 1. The molecule has 3 amide bonds. The van der Waals surface area contributed by atoms with Crippen LogP contribution < -0.4 is 11.1 Å². The molecule has 1 aromatic carbocycles. The lowest BCUT2D eigenvalue weighted by Gasteiger charge is -1.97. The normalized spacial score (nSPS) is 10.2. The zero-order chi connectivity index (χ0) is 14.5. The fourth-order valence-electron chi connectivity index (χ4n) is 1.46. The monoisotopic (exact) mass is 292 g/mol. The summed E-state index contributed by atoms with van der Waals surface area (Å²) in [5.74, 6) is -0.164. The molecule has 2 aromatic rings. The maximum absolute atomic E-state index is 11.2. The van der Waals surface area contributed by atoms with E-state index in [9.17, 15) is 9.59 Å². The highest BCUT2D eigenvalue weighted by Gasteiger charge is 2.11. The van der Waals surface area contributed by atoms with Crippen molar-refractivity contribution < 1.29 is 14.0 Å². The van der Waals surface area contributed by atoms with Gasteiger partial charge >= 0.3 is 6.03 Å². The van der Waals surface area contributed by atoms with Crippen molar-refractivity contribution in [1.29, 1.82) is 0 Å². The predicted octanol–water partition coefficient (Wildman–Crippen LogP) is 1.33. The van der Waals surface area contributed by atoms with E-state index >= 15 is 0 Å². The first-order valence-corrected chi connectivity index (χ1v) is 6.66. The zero-order valence-electron chi connectivity index (χ0n) is 10.6. The van der Waals surface area contributed by atoms with Gasteiger partial charge in [-0.2, -0.15) is 0 Å². The number of aromatic nitrogens is 2. The fourth-order valence-corrected chi connectivity index (χ4v) is 2.03. The maximum Gasteiger partial charge on any atom is 0.318 e. The summed E-state index contributed by atoms with van der Waals surface area (Å²) < 4.78 is 5.42. The summed E-state index contributed by atoms with van der Waals surface area (Å²) in [4.78, 5) is 21.7. The number of nitrogens with two attached hydrogens (primary N) is 1. The van der Waals surface area contributed by atoms with Crippen LogP contribution in [0.15, 0.2) is 33.9 Å². The largest absolute Gasteiger partial charge is 0.411 e.